The lowest BCUT2D eigenvalue weighted by Gasteiger charge is -2.09. The van der Waals surface area contributed by atoms with Crippen LogP contribution in [0.1, 0.15) is 0 Å². The van der Waals surface area contributed by atoms with Crippen molar-refractivity contribution in [2.75, 3.05) is 5.73 Å². The molecule has 2 aromatic carbocycles. The first kappa shape index (κ1) is 12.3. The molecule has 2 N–H and O–H groups in total. The highest BCUT2D eigenvalue weighted by Gasteiger charge is 2.16. The van der Waals surface area contributed by atoms with Gasteiger partial charge in [-0.3, -0.25) is 0 Å². The van der Waals surface area contributed by atoms with Gasteiger partial charge in [-0.1, -0.05) is 17.7 Å². The Balaban J connectivity index is 2.72. The lowest BCUT2D eigenvalue weighted by Crippen LogP contribution is -1.96. The zero-order valence-electron chi connectivity index (χ0n) is 8.48. The number of hydrogen-bond acceptors (Lipinski definition) is 1. The molecule has 0 aromatic heterocycles. The van der Waals surface area contributed by atoms with E-state index in [1.54, 1.807) is 0 Å². The van der Waals surface area contributed by atoms with E-state index < -0.39 is 11.6 Å². The number of nitrogen functional groups attached to an aromatic ring is 1. The van der Waals surface area contributed by atoms with E-state index in [0.29, 0.717) is 5.02 Å². The molecule has 0 aliphatic carbocycles. The Hall–Kier alpha value is -1.13. The molecular formula is C12H7BrClF2N. The van der Waals surface area contributed by atoms with Crippen molar-refractivity contribution in [2.24, 2.45) is 0 Å². The normalized spacial score (nSPS) is 10.6. The van der Waals surface area contributed by atoms with Crippen LogP contribution in [0.5, 0.6) is 0 Å². The lowest BCUT2D eigenvalue weighted by atomic mass is 10.0. The van der Waals surface area contributed by atoms with Crippen molar-refractivity contribution < 1.29 is 8.78 Å². The fraction of sp³-hybridized carbons (Fsp3) is 0. The Morgan fingerprint density at radius 3 is 2.47 bits per heavy atom. The smallest absolute Gasteiger partial charge is 0.148 e. The molecule has 2 aromatic rings. The zero-order valence-corrected chi connectivity index (χ0v) is 10.8. The van der Waals surface area contributed by atoms with Crippen LogP contribution in [0.3, 0.4) is 0 Å². The van der Waals surface area contributed by atoms with Crippen LogP contribution in [0.2, 0.25) is 5.02 Å². The summed E-state index contributed by atoms with van der Waals surface area (Å²) in [6.07, 6.45) is 0. The van der Waals surface area contributed by atoms with Gasteiger partial charge < -0.3 is 5.73 Å². The molecule has 0 saturated heterocycles. The van der Waals surface area contributed by atoms with Gasteiger partial charge in [0.05, 0.1) is 10.0 Å². The average molecular weight is 319 g/mol. The molecule has 0 radical (unpaired) electrons. The summed E-state index contributed by atoms with van der Waals surface area (Å²) in [6, 6.07) is 6.96. The largest absolute Gasteiger partial charge is 0.398 e. The van der Waals surface area contributed by atoms with Crippen LogP contribution in [0.4, 0.5) is 14.5 Å². The predicted octanol–water partition coefficient (Wildman–Crippen LogP) is 4.63. The Morgan fingerprint density at radius 2 is 1.82 bits per heavy atom. The van der Waals surface area contributed by atoms with Gasteiger partial charge in [0.1, 0.15) is 11.6 Å². The Morgan fingerprint density at radius 1 is 1.12 bits per heavy atom. The summed E-state index contributed by atoms with van der Waals surface area (Å²) in [4.78, 5) is 0. The molecule has 2 rings (SSSR count). The molecule has 5 heteroatoms. The maximum absolute atomic E-state index is 13.9. The summed E-state index contributed by atoms with van der Waals surface area (Å²) in [5, 5.41) is 0.419. The van der Waals surface area contributed by atoms with Crippen LogP contribution in [0.25, 0.3) is 11.1 Å². The standard InChI is InChI=1S/C12H7BrClF2N/c13-8-3-4-9(15)11(12(8)16)7-2-1-6(14)5-10(7)17/h1-5H,17H2. The topological polar surface area (TPSA) is 26.0 Å². The molecule has 0 aliphatic heterocycles. The van der Waals surface area contributed by atoms with Gasteiger partial charge in [0.2, 0.25) is 0 Å². The van der Waals surface area contributed by atoms with Crippen LogP contribution >= 0.6 is 27.5 Å². The van der Waals surface area contributed by atoms with Gasteiger partial charge in [-0.15, -0.1) is 0 Å². The van der Waals surface area contributed by atoms with Gasteiger partial charge in [0, 0.05) is 16.3 Å². The molecule has 0 amide bonds. The van der Waals surface area contributed by atoms with Crippen LogP contribution in [0, 0.1) is 11.6 Å². The number of rotatable bonds is 1. The maximum atomic E-state index is 13.9. The number of benzene rings is 2. The minimum absolute atomic E-state index is 0.159. The zero-order chi connectivity index (χ0) is 12.6. The highest BCUT2D eigenvalue weighted by atomic mass is 79.9. The van der Waals surface area contributed by atoms with Crippen molar-refractivity contribution in [1.82, 2.24) is 0 Å². The first-order valence-electron chi connectivity index (χ1n) is 4.69. The van der Waals surface area contributed by atoms with E-state index in [1.807, 2.05) is 0 Å². The number of anilines is 1. The molecule has 0 bridgehead atoms. The van der Waals surface area contributed by atoms with Gasteiger partial charge in [0.25, 0.3) is 0 Å². The number of halogens is 4. The van der Waals surface area contributed by atoms with Gasteiger partial charge in [-0.05, 0) is 40.2 Å². The first-order chi connectivity index (χ1) is 8.00. The van der Waals surface area contributed by atoms with E-state index in [9.17, 15) is 8.78 Å². The van der Waals surface area contributed by atoms with Crippen LogP contribution in [-0.4, -0.2) is 0 Å². The molecular weight excluding hydrogens is 311 g/mol. The highest BCUT2D eigenvalue weighted by molar-refractivity contribution is 9.10. The quantitative estimate of drug-likeness (QED) is 0.602. The van der Waals surface area contributed by atoms with E-state index in [0.717, 1.165) is 0 Å². The van der Waals surface area contributed by atoms with Crippen molar-refractivity contribution in [3.8, 4) is 11.1 Å². The third-order valence-corrected chi connectivity index (χ3v) is 3.17. The molecule has 0 spiro atoms. The lowest BCUT2D eigenvalue weighted by molar-refractivity contribution is 0.585. The molecule has 0 saturated carbocycles. The summed E-state index contributed by atoms with van der Waals surface area (Å²) < 4.78 is 27.7. The van der Waals surface area contributed by atoms with Crippen LogP contribution in [0.15, 0.2) is 34.8 Å². The molecule has 17 heavy (non-hydrogen) atoms. The molecule has 0 heterocycles. The van der Waals surface area contributed by atoms with Crippen LogP contribution < -0.4 is 5.73 Å². The van der Waals surface area contributed by atoms with Crippen LogP contribution in [-0.2, 0) is 0 Å². The molecule has 0 unspecified atom stereocenters. The second kappa shape index (κ2) is 4.63. The van der Waals surface area contributed by atoms with E-state index in [4.69, 9.17) is 17.3 Å². The SMILES string of the molecule is Nc1cc(Cl)ccc1-c1c(F)ccc(Br)c1F. The number of nitrogens with two attached hydrogens (primary N) is 1. The van der Waals surface area contributed by atoms with Crippen molar-refractivity contribution >= 4 is 33.2 Å². The average Bonchev–Trinajstić information content (AvgIpc) is 2.27. The molecule has 0 aliphatic rings. The first-order valence-corrected chi connectivity index (χ1v) is 5.86. The van der Waals surface area contributed by atoms with E-state index in [-0.39, 0.29) is 21.3 Å². The Kier molecular flexibility index (Phi) is 3.35. The van der Waals surface area contributed by atoms with Crippen molar-refractivity contribution in [1.29, 1.82) is 0 Å². The Bertz CT molecular complexity index is 587. The highest BCUT2D eigenvalue weighted by Crippen LogP contribution is 2.35. The Labute approximate surface area is 110 Å². The molecule has 0 fully saturated rings. The van der Waals surface area contributed by atoms with E-state index in [2.05, 4.69) is 15.9 Å². The second-order valence-corrected chi connectivity index (χ2v) is 4.74. The summed E-state index contributed by atoms with van der Waals surface area (Å²) >= 11 is 8.75. The van der Waals surface area contributed by atoms with Crippen molar-refractivity contribution in [3.05, 3.63) is 51.5 Å². The maximum Gasteiger partial charge on any atom is 0.148 e. The third-order valence-electron chi connectivity index (χ3n) is 2.33. The summed E-state index contributed by atoms with van der Waals surface area (Å²) in [5.74, 6) is -1.35. The van der Waals surface area contributed by atoms with Gasteiger partial charge in [0.15, 0.2) is 0 Å². The minimum atomic E-state index is -0.681. The second-order valence-electron chi connectivity index (χ2n) is 3.45. The van der Waals surface area contributed by atoms with Crippen molar-refractivity contribution in [3.63, 3.8) is 0 Å². The fourth-order valence-electron chi connectivity index (χ4n) is 1.54. The molecule has 0 atom stereocenters. The van der Waals surface area contributed by atoms with Gasteiger partial charge >= 0.3 is 0 Å². The fourth-order valence-corrected chi connectivity index (χ4v) is 2.05. The molecule has 88 valence electrons. The van der Waals surface area contributed by atoms with Gasteiger partial charge in [-0.25, -0.2) is 8.78 Å². The van der Waals surface area contributed by atoms with E-state index in [1.165, 1.54) is 30.3 Å². The van der Waals surface area contributed by atoms with Crippen molar-refractivity contribution in [2.45, 2.75) is 0 Å². The monoisotopic (exact) mass is 317 g/mol. The molecule has 1 nitrogen and oxygen atoms in total. The summed E-state index contributed by atoms with van der Waals surface area (Å²) in [6.45, 7) is 0. The third kappa shape index (κ3) is 2.28. The number of hydrogen-bond donors (Lipinski definition) is 1. The minimum Gasteiger partial charge on any atom is -0.398 e. The van der Waals surface area contributed by atoms with Gasteiger partial charge in [-0.2, -0.15) is 0 Å². The summed E-state index contributed by atoms with van der Waals surface area (Å²) in [5.41, 5.74) is 6.06. The predicted molar refractivity (Wildman–Crippen MR) is 68.9 cm³/mol. The summed E-state index contributed by atoms with van der Waals surface area (Å²) in [7, 11) is 0. The van der Waals surface area contributed by atoms with E-state index >= 15 is 0 Å².